The van der Waals surface area contributed by atoms with E-state index in [1.54, 1.807) is 18.3 Å². The number of rotatable bonds is 6. The van der Waals surface area contributed by atoms with Gasteiger partial charge in [0, 0.05) is 23.9 Å². The van der Waals surface area contributed by atoms with Crippen LogP contribution >= 0.6 is 0 Å². The van der Waals surface area contributed by atoms with Crippen LogP contribution in [0.15, 0.2) is 30.6 Å². The number of carbonyl (C=O) groups excluding carboxylic acids is 2. The van der Waals surface area contributed by atoms with Gasteiger partial charge in [0.2, 0.25) is 5.78 Å². The summed E-state index contributed by atoms with van der Waals surface area (Å²) in [4.78, 5) is 37.5. The third kappa shape index (κ3) is 3.14. The number of carboxylic acids is 1. The van der Waals surface area contributed by atoms with E-state index in [4.69, 9.17) is 5.11 Å². The van der Waals surface area contributed by atoms with E-state index in [2.05, 4.69) is 15.2 Å². The number of carboxylic acid groups (broad SMARTS) is 1. The van der Waals surface area contributed by atoms with Crippen molar-refractivity contribution in [2.24, 2.45) is 0 Å². The molecule has 7 heteroatoms. The Labute approximate surface area is 113 Å². The molecule has 2 heterocycles. The van der Waals surface area contributed by atoms with Crippen molar-refractivity contribution >= 4 is 17.5 Å². The fourth-order valence-corrected chi connectivity index (χ4v) is 1.69. The van der Waals surface area contributed by atoms with Crippen LogP contribution in [-0.2, 0) is 16.0 Å². The van der Waals surface area contributed by atoms with Crippen LogP contribution in [0, 0.1) is 0 Å². The maximum atomic E-state index is 11.9. The van der Waals surface area contributed by atoms with E-state index in [1.807, 2.05) is 6.07 Å². The molecule has 0 radical (unpaired) electrons. The van der Waals surface area contributed by atoms with E-state index in [0.717, 1.165) is 5.69 Å². The van der Waals surface area contributed by atoms with Crippen LogP contribution in [0.25, 0.3) is 0 Å². The van der Waals surface area contributed by atoms with Crippen LogP contribution in [0.3, 0.4) is 0 Å². The van der Waals surface area contributed by atoms with Gasteiger partial charge >= 0.3 is 5.97 Å². The van der Waals surface area contributed by atoms with Crippen molar-refractivity contribution in [1.29, 1.82) is 0 Å². The van der Waals surface area contributed by atoms with E-state index in [-0.39, 0.29) is 5.69 Å². The summed E-state index contributed by atoms with van der Waals surface area (Å²) in [5, 5.41) is 14.8. The zero-order valence-corrected chi connectivity index (χ0v) is 10.4. The summed E-state index contributed by atoms with van der Waals surface area (Å²) in [5.41, 5.74) is 1.46. The Balaban J connectivity index is 2.14. The first-order valence-corrected chi connectivity index (χ1v) is 5.79. The van der Waals surface area contributed by atoms with Crippen molar-refractivity contribution in [2.45, 2.75) is 12.8 Å². The number of ketones is 2. The van der Waals surface area contributed by atoms with Crippen LogP contribution < -0.4 is 0 Å². The van der Waals surface area contributed by atoms with Gasteiger partial charge in [0.05, 0.1) is 12.6 Å². The van der Waals surface area contributed by atoms with Crippen molar-refractivity contribution in [1.82, 2.24) is 15.2 Å². The molecule has 0 saturated heterocycles. The van der Waals surface area contributed by atoms with E-state index in [1.165, 1.54) is 6.20 Å². The first-order chi connectivity index (χ1) is 9.58. The van der Waals surface area contributed by atoms with Crippen molar-refractivity contribution in [3.8, 4) is 0 Å². The SMILES string of the molecule is O=C(O)C(=O)CC(=O)c1[nH]ncc1Cc1ccccn1. The van der Waals surface area contributed by atoms with Gasteiger partial charge < -0.3 is 5.11 Å². The van der Waals surface area contributed by atoms with Gasteiger partial charge in [0.25, 0.3) is 0 Å². The molecule has 102 valence electrons. The molecule has 2 rings (SSSR count). The number of pyridine rings is 1. The second-order valence-corrected chi connectivity index (χ2v) is 4.10. The molecule has 2 N–H and O–H groups in total. The molecular formula is C13H11N3O4. The van der Waals surface area contributed by atoms with Gasteiger partial charge in [-0.3, -0.25) is 19.7 Å². The van der Waals surface area contributed by atoms with Crippen LogP contribution in [0.2, 0.25) is 0 Å². The van der Waals surface area contributed by atoms with Gasteiger partial charge in [0.15, 0.2) is 5.78 Å². The molecule has 0 bridgehead atoms. The maximum Gasteiger partial charge on any atom is 0.372 e. The van der Waals surface area contributed by atoms with Gasteiger partial charge in [-0.1, -0.05) is 6.07 Å². The molecule has 0 aliphatic heterocycles. The highest BCUT2D eigenvalue weighted by molar-refractivity contribution is 6.37. The summed E-state index contributed by atoms with van der Waals surface area (Å²) in [5.74, 6) is -3.36. The summed E-state index contributed by atoms with van der Waals surface area (Å²) in [6.07, 6.45) is 2.78. The Bertz CT molecular complexity index is 649. The summed E-state index contributed by atoms with van der Waals surface area (Å²) >= 11 is 0. The van der Waals surface area contributed by atoms with Gasteiger partial charge in [0.1, 0.15) is 5.69 Å². The Hall–Kier alpha value is -2.83. The largest absolute Gasteiger partial charge is 0.475 e. The predicted octanol–water partition coefficient (Wildman–Crippen LogP) is 0.622. The van der Waals surface area contributed by atoms with Crippen molar-refractivity contribution < 1.29 is 19.5 Å². The van der Waals surface area contributed by atoms with E-state index >= 15 is 0 Å². The van der Waals surface area contributed by atoms with Gasteiger partial charge in [-0.25, -0.2) is 4.79 Å². The van der Waals surface area contributed by atoms with E-state index in [9.17, 15) is 14.4 Å². The Kier molecular flexibility index (Phi) is 3.99. The minimum absolute atomic E-state index is 0.144. The highest BCUT2D eigenvalue weighted by atomic mass is 16.4. The Morgan fingerprint density at radius 3 is 2.70 bits per heavy atom. The smallest absolute Gasteiger partial charge is 0.372 e. The standard InChI is InChI=1S/C13H11N3O4/c17-10(6-11(18)13(19)20)12-8(7-15-16-12)5-9-3-1-2-4-14-9/h1-4,7H,5-6H2,(H,15,16)(H,19,20). The zero-order valence-electron chi connectivity index (χ0n) is 10.4. The number of aliphatic carboxylic acids is 1. The molecule has 7 nitrogen and oxygen atoms in total. The van der Waals surface area contributed by atoms with Crippen LogP contribution in [0.1, 0.15) is 28.2 Å². The lowest BCUT2D eigenvalue weighted by atomic mass is 10.0. The minimum Gasteiger partial charge on any atom is -0.475 e. The number of hydrogen-bond acceptors (Lipinski definition) is 5. The van der Waals surface area contributed by atoms with Gasteiger partial charge in [-0.05, 0) is 12.1 Å². The Morgan fingerprint density at radius 2 is 2.05 bits per heavy atom. The summed E-state index contributed by atoms with van der Waals surface area (Å²) in [6.45, 7) is 0. The van der Waals surface area contributed by atoms with Crippen LogP contribution in [0.4, 0.5) is 0 Å². The monoisotopic (exact) mass is 273 g/mol. The number of H-pyrrole nitrogens is 1. The lowest BCUT2D eigenvalue weighted by molar-refractivity contribution is -0.148. The molecule has 0 saturated carbocycles. The number of carbonyl (C=O) groups is 3. The predicted molar refractivity (Wildman–Crippen MR) is 67.2 cm³/mol. The average Bonchev–Trinajstić information content (AvgIpc) is 2.88. The molecule has 0 spiro atoms. The van der Waals surface area contributed by atoms with Crippen molar-refractivity contribution in [3.63, 3.8) is 0 Å². The topological polar surface area (TPSA) is 113 Å². The second kappa shape index (κ2) is 5.87. The maximum absolute atomic E-state index is 11.9. The van der Waals surface area contributed by atoms with Gasteiger partial charge in [-0.15, -0.1) is 0 Å². The summed E-state index contributed by atoms with van der Waals surface area (Å²) in [7, 11) is 0. The molecular weight excluding hydrogens is 262 g/mol. The third-order valence-electron chi connectivity index (χ3n) is 2.65. The van der Waals surface area contributed by atoms with E-state index < -0.39 is 24.0 Å². The summed E-state index contributed by atoms with van der Waals surface area (Å²) < 4.78 is 0. The molecule has 20 heavy (non-hydrogen) atoms. The Morgan fingerprint density at radius 1 is 1.25 bits per heavy atom. The normalized spacial score (nSPS) is 10.2. The molecule has 0 unspecified atom stereocenters. The fraction of sp³-hybridized carbons (Fsp3) is 0.154. The number of aromatic amines is 1. The first-order valence-electron chi connectivity index (χ1n) is 5.79. The highest BCUT2D eigenvalue weighted by Crippen LogP contribution is 2.12. The summed E-state index contributed by atoms with van der Waals surface area (Å²) in [6, 6.07) is 5.39. The highest BCUT2D eigenvalue weighted by Gasteiger charge is 2.21. The number of Topliss-reactive ketones (excluding diaryl/α,β-unsaturated/α-hetero) is 2. The number of nitrogens with one attached hydrogen (secondary N) is 1. The molecule has 0 aliphatic rings. The number of aromatic nitrogens is 3. The van der Waals surface area contributed by atoms with Crippen LogP contribution in [0.5, 0.6) is 0 Å². The van der Waals surface area contributed by atoms with Crippen LogP contribution in [-0.4, -0.2) is 37.8 Å². The molecule has 0 aliphatic carbocycles. The van der Waals surface area contributed by atoms with E-state index in [0.29, 0.717) is 12.0 Å². The third-order valence-corrected chi connectivity index (χ3v) is 2.65. The molecule has 2 aromatic rings. The zero-order chi connectivity index (χ0) is 14.5. The first kappa shape index (κ1) is 13.6. The molecule has 0 amide bonds. The molecule has 0 atom stereocenters. The van der Waals surface area contributed by atoms with Crippen molar-refractivity contribution in [2.75, 3.05) is 0 Å². The van der Waals surface area contributed by atoms with Gasteiger partial charge in [-0.2, -0.15) is 5.10 Å². The molecule has 2 aromatic heterocycles. The second-order valence-electron chi connectivity index (χ2n) is 4.10. The lowest BCUT2D eigenvalue weighted by Gasteiger charge is -2.01. The molecule has 0 aromatic carbocycles. The average molecular weight is 273 g/mol. The number of nitrogens with zero attached hydrogens (tertiary/aromatic N) is 2. The number of hydrogen-bond donors (Lipinski definition) is 2. The quantitative estimate of drug-likeness (QED) is 0.453. The lowest BCUT2D eigenvalue weighted by Crippen LogP contribution is -2.18. The minimum atomic E-state index is -1.62. The fourth-order valence-electron chi connectivity index (χ4n) is 1.69. The molecule has 0 fully saturated rings. The van der Waals surface area contributed by atoms with Crippen molar-refractivity contribution in [3.05, 3.63) is 47.5 Å².